The summed E-state index contributed by atoms with van der Waals surface area (Å²) in [7, 11) is 0. The summed E-state index contributed by atoms with van der Waals surface area (Å²) in [6.07, 6.45) is 4.10. The zero-order valence-corrected chi connectivity index (χ0v) is 48.9. The molecule has 1 aromatic heterocycles. The summed E-state index contributed by atoms with van der Waals surface area (Å²) >= 11 is 0. The average Bonchev–Trinajstić information content (AvgIpc) is 4.01. The third-order valence-electron chi connectivity index (χ3n) is 13.9. The van der Waals surface area contributed by atoms with Gasteiger partial charge in [-0.05, 0) is 81.0 Å². The number of carboxylic acid groups (broad SMARTS) is 2. The molecule has 0 bridgehead atoms. The number of carbonyl (C=O) groups excluding carboxylic acids is 8. The molecule has 28 heteroatoms. The Labute approximate surface area is 494 Å². The largest absolute Gasteiger partial charge is 0.481 e. The quantitative estimate of drug-likeness (QED) is 0.0170. The first-order chi connectivity index (χ1) is 40.5. The Hall–Kier alpha value is -8.50. The van der Waals surface area contributed by atoms with Gasteiger partial charge in [0.1, 0.15) is 48.3 Å². The van der Waals surface area contributed by atoms with Gasteiger partial charge in [-0.3, -0.25) is 48.1 Å². The molecule has 8 amide bonds. The van der Waals surface area contributed by atoms with Crippen LogP contribution in [0, 0.1) is 11.8 Å². The SMILES string of the molecule is CCC(C)C(NC(=O)C(NC(=O)C(CCCN=C(N)N)NC(=O)C(Cc1cnc[nH]1)NC(=O)C(Cc1ccccc1)NC(=O)C(N)CCCCN)C(C)C)C(=O)NC(CCCCN)C(=O)NC(CC(=O)O)C(=O)NC(Cc1ccccc1)C(=O)O. The van der Waals surface area contributed by atoms with E-state index < -0.39 is 132 Å². The van der Waals surface area contributed by atoms with Crippen LogP contribution in [0.3, 0.4) is 0 Å². The van der Waals surface area contributed by atoms with Crippen molar-refractivity contribution < 1.29 is 58.2 Å². The van der Waals surface area contributed by atoms with E-state index >= 15 is 0 Å². The number of guanidine groups is 1. The number of aromatic amines is 1. The summed E-state index contributed by atoms with van der Waals surface area (Å²) in [4.78, 5) is 148. The molecule has 3 rings (SSSR count). The van der Waals surface area contributed by atoms with Gasteiger partial charge in [-0.25, -0.2) is 9.78 Å². The number of rotatable bonds is 40. The number of hydrogen-bond acceptors (Lipinski definition) is 15. The molecule has 0 aliphatic carbocycles. The highest BCUT2D eigenvalue weighted by molar-refractivity contribution is 5.99. The zero-order chi connectivity index (χ0) is 63.0. The van der Waals surface area contributed by atoms with Gasteiger partial charge >= 0.3 is 11.9 Å². The summed E-state index contributed by atoms with van der Waals surface area (Å²) < 4.78 is 0. The number of aliphatic carboxylic acids is 2. The van der Waals surface area contributed by atoms with E-state index in [9.17, 15) is 58.2 Å². The topological polar surface area (TPSA) is 479 Å². The van der Waals surface area contributed by atoms with Crippen molar-refractivity contribution in [3.8, 4) is 0 Å². The Balaban J connectivity index is 1.92. The lowest BCUT2D eigenvalue weighted by Gasteiger charge is -2.31. The summed E-state index contributed by atoms with van der Waals surface area (Å²) in [6.45, 7) is 7.33. The molecule has 3 aromatic rings. The molecule has 0 aliphatic heterocycles. The number of carbonyl (C=O) groups is 10. The number of benzene rings is 2. The number of aliphatic imine (C=N–C) groups is 1. The molecular formula is C57H88N16O12. The molecule has 0 saturated heterocycles. The number of hydrogen-bond donors (Lipinski definition) is 16. The maximum Gasteiger partial charge on any atom is 0.326 e. The first kappa shape index (κ1) is 70.8. The summed E-state index contributed by atoms with van der Waals surface area (Å²) in [5.41, 5.74) is 30.4. The molecule has 468 valence electrons. The molecule has 1 heterocycles. The summed E-state index contributed by atoms with van der Waals surface area (Å²) in [6, 6.07) is 4.87. The Morgan fingerprint density at radius 2 is 0.988 bits per heavy atom. The second-order valence-electron chi connectivity index (χ2n) is 21.2. The minimum Gasteiger partial charge on any atom is -0.481 e. The highest BCUT2D eigenvalue weighted by Gasteiger charge is 2.37. The number of unbranched alkanes of at least 4 members (excludes halogenated alkanes) is 2. The molecular weight excluding hydrogens is 1100 g/mol. The van der Waals surface area contributed by atoms with Crippen LogP contribution in [0.5, 0.6) is 0 Å². The maximum absolute atomic E-state index is 14.5. The number of nitrogens with two attached hydrogens (primary N) is 5. The van der Waals surface area contributed by atoms with Crippen molar-refractivity contribution in [2.75, 3.05) is 19.6 Å². The van der Waals surface area contributed by atoms with Crippen molar-refractivity contribution in [1.82, 2.24) is 52.5 Å². The van der Waals surface area contributed by atoms with Crippen molar-refractivity contribution in [2.45, 2.75) is 166 Å². The molecule has 21 N–H and O–H groups in total. The molecule has 10 atom stereocenters. The maximum atomic E-state index is 14.5. The van der Waals surface area contributed by atoms with Crippen molar-refractivity contribution in [3.05, 3.63) is 90.0 Å². The number of amides is 8. The van der Waals surface area contributed by atoms with Crippen LogP contribution in [-0.4, -0.2) is 159 Å². The van der Waals surface area contributed by atoms with E-state index in [1.165, 1.54) is 12.5 Å². The minimum atomic E-state index is -1.78. The lowest BCUT2D eigenvalue weighted by Crippen LogP contribution is -2.62. The molecule has 0 radical (unpaired) electrons. The normalized spacial score (nSPS) is 14.6. The van der Waals surface area contributed by atoms with Gasteiger partial charge in [-0.2, -0.15) is 0 Å². The van der Waals surface area contributed by atoms with E-state index in [-0.39, 0.29) is 64.0 Å². The van der Waals surface area contributed by atoms with E-state index in [4.69, 9.17) is 28.7 Å². The highest BCUT2D eigenvalue weighted by Crippen LogP contribution is 2.15. The number of nitrogens with zero attached hydrogens (tertiary/aromatic N) is 2. The Morgan fingerprint density at radius 1 is 0.541 bits per heavy atom. The standard InChI is InChI=1S/C57H88N16O12/c1-5-34(4)47(55(83)67-39(22-13-15-25-59)49(77)70-43(30-45(74)75)53(81)71-44(56(84)85)28-36-19-10-7-11-20-36)73-54(82)46(33(2)3)72-50(78)40(23-16-26-64-57(61)62)66-52(80)42(29-37-31-63-32-65-37)69-51(79)41(27-35-17-8-6-9-18-35)68-48(76)38(60)21-12-14-24-58/h6-11,17-20,31-34,38-44,46-47H,5,12-16,21-30,58-60H2,1-4H3,(H,63,65)(H,66,80)(H,67,83)(H,68,76)(H,69,79)(H,70,77)(H,71,81)(H,72,78)(H,73,82)(H,74,75)(H,84,85)(H4,61,62,64). The molecule has 10 unspecified atom stereocenters. The number of carboxylic acids is 2. The van der Waals surface area contributed by atoms with Gasteiger partial charge in [0.25, 0.3) is 0 Å². The number of nitrogens with one attached hydrogen (secondary N) is 9. The van der Waals surface area contributed by atoms with E-state index in [2.05, 4.69) is 57.5 Å². The fourth-order valence-electron chi connectivity index (χ4n) is 8.86. The van der Waals surface area contributed by atoms with Gasteiger partial charge in [-0.1, -0.05) is 101 Å². The monoisotopic (exact) mass is 1190 g/mol. The summed E-state index contributed by atoms with van der Waals surface area (Å²) in [5, 5.41) is 40.6. The van der Waals surface area contributed by atoms with Gasteiger partial charge in [0, 0.05) is 37.7 Å². The number of aromatic nitrogens is 2. The highest BCUT2D eigenvalue weighted by atomic mass is 16.4. The van der Waals surface area contributed by atoms with Crippen LogP contribution in [0.15, 0.2) is 78.2 Å². The molecule has 2 aromatic carbocycles. The van der Waals surface area contributed by atoms with Crippen molar-refractivity contribution >= 4 is 65.2 Å². The first-order valence-electron chi connectivity index (χ1n) is 28.6. The van der Waals surface area contributed by atoms with Crippen LogP contribution in [0.2, 0.25) is 0 Å². The second kappa shape index (κ2) is 37.6. The lowest BCUT2D eigenvalue weighted by molar-refractivity contribution is -0.143. The van der Waals surface area contributed by atoms with E-state index in [0.717, 1.165) is 0 Å². The van der Waals surface area contributed by atoms with Gasteiger partial charge in [0.05, 0.1) is 18.8 Å². The van der Waals surface area contributed by atoms with Crippen LogP contribution in [0.4, 0.5) is 0 Å². The van der Waals surface area contributed by atoms with Gasteiger partial charge in [-0.15, -0.1) is 0 Å². The molecule has 28 nitrogen and oxygen atoms in total. The summed E-state index contributed by atoms with van der Waals surface area (Å²) in [5.74, 6) is -11.1. The second-order valence-corrected chi connectivity index (χ2v) is 21.2. The van der Waals surface area contributed by atoms with Gasteiger partial charge < -0.3 is 86.4 Å². The third-order valence-corrected chi connectivity index (χ3v) is 13.9. The van der Waals surface area contributed by atoms with Crippen molar-refractivity contribution in [1.29, 1.82) is 0 Å². The molecule has 85 heavy (non-hydrogen) atoms. The minimum absolute atomic E-state index is 0.0221. The van der Waals surface area contributed by atoms with E-state index in [1.807, 2.05) is 0 Å². The predicted molar refractivity (Wildman–Crippen MR) is 316 cm³/mol. The third kappa shape index (κ3) is 25.9. The average molecular weight is 1190 g/mol. The van der Waals surface area contributed by atoms with Gasteiger partial charge in [0.15, 0.2) is 5.96 Å². The van der Waals surface area contributed by atoms with Crippen molar-refractivity contribution in [3.63, 3.8) is 0 Å². The molecule has 0 aliphatic rings. The number of imidazole rings is 1. The smallest absolute Gasteiger partial charge is 0.326 e. The molecule has 0 fully saturated rings. The lowest BCUT2D eigenvalue weighted by atomic mass is 9.95. The van der Waals surface area contributed by atoms with E-state index in [1.54, 1.807) is 88.4 Å². The Morgan fingerprint density at radius 3 is 1.51 bits per heavy atom. The zero-order valence-electron chi connectivity index (χ0n) is 48.9. The Kier molecular flexibility index (Phi) is 31.3. The van der Waals surface area contributed by atoms with E-state index in [0.29, 0.717) is 55.5 Å². The van der Waals surface area contributed by atoms with Gasteiger partial charge in [0.2, 0.25) is 47.3 Å². The fourth-order valence-corrected chi connectivity index (χ4v) is 8.86. The van der Waals surface area contributed by atoms with Crippen LogP contribution in [0.1, 0.15) is 109 Å². The van der Waals surface area contributed by atoms with Crippen molar-refractivity contribution in [2.24, 2.45) is 45.5 Å². The fraction of sp³-hybridized carbons (Fsp3) is 0.544. The Bertz CT molecular complexity index is 2640. The van der Waals surface area contributed by atoms with Crippen LogP contribution in [-0.2, 0) is 67.2 Å². The van der Waals surface area contributed by atoms with Crippen LogP contribution < -0.4 is 71.2 Å². The predicted octanol–water partition coefficient (Wildman–Crippen LogP) is -1.78. The molecule has 0 spiro atoms. The molecule has 0 saturated carbocycles. The van der Waals surface area contributed by atoms with Crippen LogP contribution >= 0.6 is 0 Å². The number of H-pyrrole nitrogens is 1. The van der Waals surface area contributed by atoms with Crippen LogP contribution in [0.25, 0.3) is 0 Å². The first-order valence-corrected chi connectivity index (χ1v) is 28.6.